The lowest BCUT2D eigenvalue weighted by molar-refractivity contribution is -0.172. The van der Waals surface area contributed by atoms with Gasteiger partial charge in [0.2, 0.25) is 10.1 Å². The molecule has 1 aromatic heterocycles. The predicted molar refractivity (Wildman–Crippen MR) is 50.3 cm³/mol. The average molecular weight is 295 g/mol. The van der Waals surface area contributed by atoms with Crippen molar-refractivity contribution >= 4 is 16.5 Å². The highest BCUT2D eigenvalue weighted by atomic mass is 32.1. The molecule has 1 rings (SSSR count). The van der Waals surface area contributed by atoms with Crippen molar-refractivity contribution in [3.8, 4) is 0 Å². The van der Waals surface area contributed by atoms with Crippen molar-refractivity contribution in [2.75, 3.05) is 25.1 Å². The summed E-state index contributed by atoms with van der Waals surface area (Å²) in [4.78, 5) is 0. The monoisotopic (exact) mass is 295 g/mol. The molecule has 0 bridgehead atoms. The molecule has 1 aromatic rings. The zero-order chi connectivity index (χ0) is 13.8. The molecule has 0 saturated heterocycles. The minimum absolute atomic E-state index is 0.0947. The number of aromatic nitrogens is 2. The number of nitrogens with zero attached hydrogens (tertiary/aromatic N) is 2. The van der Waals surface area contributed by atoms with Gasteiger partial charge in [0, 0.05) is 6.54 Å². The molecule has 18 heavy (non-hydrogen) atoms. The van der Waals surface area contributed by atoms with E-state index in [9.17, 15) is 26.3 Å². The lowest BCUT2D eigenvalue weighted by atomic mass is 10.6. The van der Waals surface area contributed by atoms with Gasteiger partial charge in [0.25, 0.3) is 0 Å². The summed E-state index contributed by atoms with van der Waals surface area (Å²) in [5, 5.41) is 7.20. The summed E-state index contributed by atoms with van der Waals surface area (Å²) >= 11 is 0.267. The van der Waals surface area contributed by atoms with E-state index in [0.717, 1.165) is 0 Å². The van der Waals surface area contributed by atoms with Crippen LogP contribution < -0.4 is 5.32 Å². The van der Waals surface area contributed by atoms with Crippen LogP contribution in [-0.2, 0) is 10.9 Å². The summed E-state index contributed by atoms with van der Waals surface area (Å²) in [6, 6.07) is 0. The molecule has 0 saturated carbocycles. The highest BCUT2D eigenvalue weighted by Crippen LogP contribution is 2.32. The molecule has 0 amide bonds. The van der Waals surface area contributed by atoms with Crippen LogP contribution in [0, 0.1) is 0 Å². The SMILES string of the molecule is FC(F)(F)COCCNc1nnc(C(F)(F)F)s1. The molecule has 0 atom stereocenters. The molecule has 4 nitrogen and oxygen atoms in total. The predicted octanol–water partition coefficient (Wildman–Crippen LogP) is 2.55. The Labute approximate surface area is 101 Å². The van der Waals surface area contributed by atoms with Gasteiger partial charge in [-0.15, -0.1) is 10.2 Å². The highest BCUT2D eigenvalue weighted by Gasteiger charge is 2.35. The Bertz CT molecular complexity index is 376. The van der Waals surface area contributed by atoms with E-state index >= 15 is 0 Å². The second kappa shape index (κ2) is 5.69. The molecule has 1 N–H and O–H groups in total. The largest absolute Gasteiger partial charge is 0.445 e. The molecule has 0 radical (unpaired) electrons. The summed E-state index contributed by atoms with van der Waals surface area (Å²) in [5.74, 6) is 0. The van der Waals surface area contributed by atoms with Crippen molar-refractivity contribution in [3.05, 3.63) is 5.01 Å². The topological polar surface area (TPSA) is 47.0 Å². The summed E-state index contributed by atoms with van der Waals surface area (Å²) in [6.07, 6.45) is -9.00. The van der Waals surface area contributed by atoms with E-state index in [0.29, 0.717) is 0 Å². The smallest absolute Gasteiger partial charge is 0.370 e. The molecular weight excluding hydrogens is 288 g/mol. The van der Waals surface area contributed by atoms with Crippen molar-refractivity contribution in [2.24, 2.45) is 0 Å². The van der Waals surface area contributed by atoms with Crippen LogP contribution in [0.4, 0.5) is 31.5 Å². The molecule has 0 fully saturated rings. The highest BCUT2D eigenvalue weighted by molar-refractivity contribution is 7.15. The van der Waals surface area contributed by atoms with Crippen LogP contribution in [-0.4, -0.2) is 36.1 Å². The number of halogens is 6. The maximum absolute atomic E-state index is 12.1. The number of alkyl halides is 6. The first-order valence-electron chi connectivity index (χ1n) is 4.47. The minimum Gasteiger partial charge on any atom is -0.370 e. The summed E-state index contributed by atoms with van der Waals surface area (Å²) in [7, 11) is 0. The first-order chi connectivity index (χ1) is 8.18. The Hall–Kier alpha value is -1.10. The maximum Gasteiger partial charge on any atom is 0.445 e. The number of ether oxygens (including phenoxy) is 1. The van der Waals surface area contributed by atoms with Crippen LogP contribution in [0.25, 0.3) is 0 Å². The van der Waals surface area contributed by atoms with Gasteiger partial charge in [-0.2, -0.15) is 26.3 Å². The van der Waals surface area contributed by atoms with Gasteiger partial charge < -0.3 is 10.1 Å². The van der Waals surface area contributed by atoms with E-state index in [-0.39, 0.29) is 29.6 Å². The molecule has 0 spiro atoms. The average Bonchev–Trinajstić information content (AvgIpc) is 2.63. The Kier molecular flexibility index (Phi) is 4.73. The van der Waals surface area contributed by atoms with Crippen LogP contribution in [0.3, 0.4) is 0 Å². The van der Waals surface area contributed by atoms with Gasteiger partial charge in [-0.25, -0.2) is 0 Å². The van der Waals surface area contributed by atoms with Crippen molar-refractivity contribution in [3.63, 3.8) is 0 Å². The Morgan fingerprint density at radius 2 is 1.78 bits per heavy atom. The van der Waals surface area contributed by atoms with Gasteiger partial charge in [-0.3, -0.25) is 0 Å². The normalized spacial score (nSPS) is 12.8. The van der Waals surface area contributed by atoms with E-state index in [1.54, 1.807) is 0 Å². The summed E-state index contributed by atoms with van der Waals surface area (Å²) < 4.78 is 75.5. The molecule has 0 aliphatic heterocycles. The van der Waals surface area contributed by atoms with Gasteiger partial charge in [-0.05, 0) is 0 Å². The van der Waals surface area contributed by atoms with Crippen LogP contribution >= 0.6 is 11.3 Å². The molecular formula is C7H7F6N3OS. The standard InChI is InChI=1S/C7H7F6N3OS/c8-6(9,10)3-17-2-1-14-5-16-15-4(18-5)7(11,12)13/h1-3H2,(H,14,16). The summed E-state index contributed by atoms with van der Waals surface area (Å²) in [5.41, 5.74) is 0. The molecule has 0 aromatic carbocycles. The van der Waals surface area contributed by atoms with Gasteiger partial charge in [0.05, 0.1) is 6.61 Å². The summed E-state index contributed by atoms with van der Waals surface area (Å²) in [6.45, 7) is -1.80. The van der Waals surface area contributed by atoms with Crippen LogP contribution in [0.15, 0.2) is 0 Å². The second-order valence-corrected chi connectivity index (χ2v) is 3.98. The maximum atomic E-state index is 12.1. The van der Waals surface area contributed by atoms with E-state index in [4.69, 9.17) is 0 Å². The molecule has 0 aliphatic rings. The van der Waals surface area contributed by atoms with Crippen LogP contribution in [0.2, 0.25) is 0 Å². The van der Waals surface area contributed by atoms with Crippen molar-refractivity contribution in [1.82, 2.24) is 10.2 Å². The van der Waals surface area contributed by atoms with Crippen LogP contribution in [0.5, 0.6) is 0 Å². The molecule has 0 unspecified atom stereocenters. The fourth-order valence-corrected chi connectivity index (χ4v) is 1.46. The van der Waals surface area contributed by atoms with Gasteiger partial charge >= 0.3 is 12.4 Å². The van der Waals surface area contributed by atoms with Gasteiger partial charge in [0.1, 0.15) is 6.61 Å². The number of rotatable bonds is 5. The van der Waals surface area contributed by atoms with Crippen molar-refractivity contribution < 1.29 is 31.1 Å². The van der Waals surface area contributed by atoms with E-state index in [2.05, 4.69) is 20.3 Å². The zero-order valence-electron chi connectivity index (χ0n) is 8.60. The zero-order valence-corrected chi connectivity index (χ0v) is 9.42. The van der Waals surface area contributed by atoms with Crippen molar-refractivity contribution in [2.45, 2.75) is 12.4 Å². The molecule has 104 valence electrons. The molecule has 0 aliphatic carbocycles. The Morgan fingerprint density at radius 3 is 2.28 bits per heavy atom. The first-order valence-corrected chi connectivity index (χ1v) is 5.29. The van der Waals surface area contributed by atoms with Crippen molar-refractivity contribution in [1.29, 1.82) is 0 Å². The fourth-order valence-electron chi connectivity index (χ4n) is 0.827. The third-order valence-electron chi connectivity index (χ3n) is 1.46. The number of nitrogens with one attached hydrogen (secondary N) is 1. The minimum atomic E-state index is -4.58. The van der Waals surface area contributed by atoms with Gasteiger partial charge in [-0.1, -0.05) is 11.3 Å². The lowest BCUT2D eigenvalue weighted by Gasteiger charge is -2.07. The van der Waals surface area contributed by atoms with Gasteiger partial charge in [0.15, 0.2) is 0 Å². The van der Waals surface area contributed by atoms with Crippen LogP contribution in [0.1, 0.15) is 5.01 Å². The molecule has 11 heteroatoms. The Balaban J connectivity index is 2.26. The molecule has 1 heterocycles. The van der Waals surface area contributed by atoms with E-state index in [1.165, 1.54) is 0 Å². The third-order valence-corrected chi connectivity index (χ3v) is 2.38. The van der Waals surface area contributed by atoms with E-state index in [1.807, 2.05) is 0 Å². The lowest BCUT2D eigenvalue weighted by Crippen LogP contribution is -2.20. The number of hydrogen-bond acceptors (Lipinski definition) is 5. The fraction of sp³-hybridized carbons (Fsp3) is 0.714. The quantitative estimate of drug-likeness (QED) is 0.670. The third kappa shape index (κ3) is 5.49. The first kappa shape index (κ1) is 15.0. The number of hydrogen-bond donors (Lipinski definition) is 1. The van der Waals surface area contributed by atoms with E-state index < -0.39 is 24.0 Å². The Morgan fingerprint density at radius 1 is 1.11 bits per heavy atom. The number of anilines is 1. The second-order valence-electron chi connectivity index (χ2n) is 3.00.